The van der Waals surface area contributed by atoms with E-state index in [1.807, 2.05) is 0 Å². The van der Waals surface area contributed by atoms with Gasteiger partial charge in [-0.1, -0.05) is 13.8 Å². The van der Waals surface area contributed by atoms with Crippen LogP contribution >= 0.6 is 0 Å². The van der Waals surface area contributed by atoms with Crippen molar-refractivity contribution in [3.8, 4) is 0 Å². The lowest BCUT2D eigenvalue weighted by Crippen LogP contribution is -2.64. The summed E-state index contributed by atoms with van der Waals surface area (Å²) >= 11 is 0. The quantitative estimate of drug-likeness (QED) is 0.163. The zero-order valence-electron chi connectivity index (χ0n) is 29.1. The van der Waals surface area contributed by atoms with E-state index < -0.39 is 73.6 Å². The molecular formula is C36H56O13. The molecule has 2 saturated heterocycles. The molecule has 0 aromatic heterocycles. The van der Waals surface area contributed by atoms with E-state index in [2.05, 4.69) is 13.8 Å². The zero-order chi connectivity index (χ0) is 35.0. The first kappa shape index (κ1) is 36.1. The highest BCUT2D eigenvalue weighted by molar-refractivity contribution is 5.85. The number of carbonyl (C=O) groups is 1. The number of hydrogen-bond donors (Lipinski definition) is 6. The number of aliphatic hydroxyl groups is 6. The molecule has 0 aromatic carbocycles. The second-order valence-corrected chi connectivity index (χ2v) is 16.5. The lowest BCUT2D eigenvalue weighted by atomic mass is 9.43. The molecule has 0 bridgehead atoms. The molecule has 278 valence electrons. The van der Waals surface area contributed by atoms with Crippen LogP contribution in [0, 0.1) is 34.5 Å². The number of carbonyl (C=O) groups excluding carboxylic acids is 1. The van der Waals surface area contributed by atoms with Crippen molar-refractivity contribution >= 4 is 5.97 Å². The van der Waals surface area contributed by atoms with E-state index in [9.17, 15) is 35.4 Å². The number of cyclic esters (lactones) is 1. The van der Waals surface area contributed by atoms with Gasteiger partial charge in [0, 0.05) is 18.6 Å². The first-order valence-electron chi connectivity index (χ1n) is 18.3. The maximum atomic E-state index is 12.5. The molecule has 18 atom stereocenters. The average molecular weight is 697 g/mol. The number of fused-ring (bicyclic) bond motifs is 5. The molecule has 0 radical (unpaired) electrons. The summed E-state index contributed by atoms with van der Waals surface area (Å²) in [5.41, 5.74) is 0.0599. The van der Waals surface area contributed by atoms with Crippen molar-refractivity contribution in [2.24, 2.45) is 34.5 Å². The van der Waals surface area contributed by atoms with Gasteiger partial charge in [-0.25, -0.2) is 4.79 Å². The largest absolute Gasteiger partial charge is 0.458 e. The van der Waals surface area contributed by atoms with Gasteiger partial charge in [-0.2, -0.15) is 0 Å². The molecule has 4 saturated carbocycles. The minimum Gasteiger partial charge on any atom is -0.458 e. The Morgan fingerprint density at radius 1 is 0.857 bits per heavy atom. The zero-order valence-corrected chi connectivity index (χ0v) is 29.1. The molecule has 13 nitrogen and oxygen atoms in total. The number of aliphatic hydroxyl groups excluding tert-OH is 5. The Kier molecular flexibility index (Phi) is 9.82. The van der Waals surface area contributed by atoms with Crippen molar-refractivity contribution in [3.63, 3.8) is 0 Å². The Bertz CT molecular complexity index is 1260. The fraction of sp³-hybridized carbons (Fsp3) is 0.917. The standard InChI is InChI=1S/C36H56O13/c1-17-30(49-32-28(41)27(40)26(39)24(15-37)48-32)31(44-4)29(42)33(46-17)47-20-7-10-34(2)19(14-20)5-6-23-22(34)8-11-35(3)21(9-12-36(23,35)43)18-13-25(38)45-16-18/h13,17,19-24,26-33,37,39-43H,5-12,14-16H2,1-4H3/t17?,19?,20?,21?,22?,23?,24?,26?,27?,28?,29?,30?,31?,32?,33?,34-,35+,36-/m0/s1. The van der Waals surface area contributed by atoms with Crippen molar-refractivity contribution in [2.45, 2.75) is 152 Å². The van der Waals surface area contributed by atoms with Crippen LogP contribution in [0.1, 0.15) is 78.6 Å². The predicted molar refractivity (Wildman–Crippen MR) is 170 cm³/mol. The SMILES string of the molecule is COC1C(O)C(OC2CC[C@@]3(C)C(CCC4C3CC[C@]3(C)C(C5=CC(=O)OC5)CC[C@]43O)C2)OC(C)C1OC1OC(CO)C(O)C(O)C1O. The van der Waals surface area contributed by atoms with Crippen LogP contribution in [0.3, 0.4) is 0 Å². The minimum absolute atomic E-state index is 0.0579. The maximum absolute atomic E-state index is 12.5. The fourth-order valence-electron chi connectivity index (χ4n) is 11.6. The molecule has 7 rings (SSSR count). The van der Waals surface area contributed by atoms with E-state index in [1.165, 1.54) is 7.11 Å². The minimum atomic E-state index is -1.60. The Morgan fingerprint density at radius 2 is 1.61 bits per heavy atom. The Hall–Kier alpha value is -1.23. The first-order valence-corrected chi connectivity index (χ1v) is 18.3. The molecule has 6 N–H and O–H groups in total. The van der Waals surface area contributed by atoms with Crippen molar-refractivity contribution in [2.75, 3.05) is 20.3 Å². The van der Waals surface area contributed by atoms with Gasteiger partial charge in [-0.05, 0) is 99.4 Å². The van der Waals surface area contributed by atoms with Gasteiger partial charge in [0.15, 0.2) is 12.6 Å². The third-order valence-corrected chi connectivity index (χ3v) is 14.4. The third kappa shape index (κ3) is 5.74. The summed E-state index contributed by atoms with van der Waals surface area (Å²) in [5.74, 6) is 0.909. The summed E-state index contributed by atoms with van der Waals surface area (Å²) in [5, 5.41) is 64.3. The number of hydrogen-bond acceptors (Lipinski definition) is 13. The maximum Gasteiger partial charge on any atom is 0.331 e. The summed E-state index contributed by atoms with van der Waals surface area (Å²) in [6, 6.07) is 0. The molecule has 0 aromatic rings. The van der Waals surface area contributed by atoms with Crippen LogP contribution in [0.5, 0.6) is 0 Å². The van der Waals surface area contributed by atoms with E-state index >= 15 is 0 Å². The van der Waals surface area contributed by atoms with Gasteiger partial charge in [0.1, 0.15) is 49.3 Å². The Labute approximate surface area is 287 Å². The van der Waals surface area contributed by atoms with Crippen LogP contribution in [0.2, 0.25) is 0 Å². The summed E-state index contributed by atoms with van der Waals surface area (Å²) in [4.78, 5) is 11.9. The van der Waals surface area contributed by atoms with Crippen LogP contribution in [-0.2, 0) is 33.2 Å². The summed E-state index contributed by atoms with van der Waals surface area (Å²) in [6.07, 6.45) is -2.30. The van der Waals surface area contributed by atoms with Gasteiger partial charge in [0.05, 0.1) is 24.4 Å². The summed E-state index contributed by atoms with van der Waals surface area (Å²) in [6.45, 7) is 6.15. The molecule has 13 heteroatoms. The van der Waals surface area contributed by atoms with Gasteiger partial charge in [0.25, 0.3) is 0 Å². The molecular weight excluding hydrogens is 640 g/mol. The lowest BCUT2D eigenvalue weighted by molar-refractivity contribution is -0.362. The Morgan fingerprint density at radius 3 is 2.31 bits per heavy atom. The van der Waals surface area contributed by atoms with Crippen molar-refractivity contribution < 1.29 is 63.9 Å². The van der Waals surface area contributed by atoms with Gasteiger partial charge < -0.3 is 59.1 Å². The number of rotatable bonds is 7. The molecule has 7 aliphatic rings. The average Bonchev–Trinajstić information content (AvgIpc) is 3.62. The van der Waals surface area contributed by atoms with Crippen molar-refractivity contribution in [1.82, 2.24) is 0 Å². The smallest absolute Gasteiger partial charge is 0.331 e. The Balaban J connectivity index is 0.990. The van der Waals surface area contributed by atoms with Gasteiger partial charge >= 0.3 is 5.97 Å². The molecule has 4 aliphatic carbocycles. The number of methoxy groups -OCH3 is 1. The number of ether oxygens (including phenoxy) is 6. The van der Waals surface area contributed by atoms with Crippen LogP contribution in [0.15, 0.2) is 11.6 Å². The normalized spacial score (nSPS) is 54.4. The van der Waals surface area contributed by atoms with Gasteiger partial charge in [-0.15, -0.1) is 0 Å². The van der Waals surface area contributed by atoms with Crippen molar-refractivity contribution in [3.05, 3.63) is 11.6 Å². The van der Waals surface area contributed by atoms with E-state index in [0.717, 1.165) is 63.4 Å². The topological polar surface area (TPSA) is 194 Å². The summed E-state index contributed by atoms with van der Waals surface area (Å²) in [7, 11) is 1.44. The van der Waals surface area contributed by atoms with E-state index in [4.69, 9.17) is 28.4 Å². The molecule has 0 spiro atoms. The highest BCUT2D eigenvalue weighted by Crippen LogP contribution is 2.70. The van der Waals surface area contributed by atoms with E-state index in [1.54, 1.807) is 13.0 Å². The third-order valence-electron chi connectivity index (χ3n) is 14.4. The van der Waals surface area contributed by atoms with E-state index in [0.29, 0.717) is 18.4 Å². The fourth-order valence-corrected chi connectivity index (χ4v) is 11.6. The monoisotopic (exact) mass is 696 g/mol. The number of esters is 1. The highest BCUT2D eigenvalue weighted by Gasteiger charge is 2.68. The van der Waals surface area contributed by atoms with Crippen LogP contribution in [0.25, 0.3) is 0 Å². The van der Waals surface area contributed by atoms with Crippen LogP contribution in [-0.4, -0.2) is 130 Å². The predicted octanol–water partition coefficient (Wildman–Crippen LogP) is 0.934. The summed E-state index contributed by atoms with van der Waals surface area (Å²) < 4.78 is 35.1. The molecule has 15 unspecified atom stereocenters. The molecule has 49 heavy (non-hydrogen) atoms. The second kappa shape index (κ2) is 13.3. The van der Waals surface area contributed by atoms with Gasteiger partial charge in [-0.3, -0.25) is 0 Å². The molecule has 6 fully saturated rings. The van der Waals surface area contributed by atoms with Gasteiger partial charge in [0.2, 0.25) is 0 Å². The first-order chi connectivity index (χ1) is 23.3. The van der Waals surface area contributed by atoms with E-state index in [-0.39, 0.29) is 34.7 Å². The highest BCUT2D eigenvalue weighted by atomic mass is 16.7. The second-order valence-electron chi connectivity index (χ2n) is 16.5. The van der Waals surface area contributed by atoms with Crippen LogP contribution in [0.4, 0.5) is 0 Å². The molecule has 0 amide bonds. The molecule has 3 aliphatic heterocycles. The van der Waals surface area contributed by atoms with Crippen LogP contribution < -0.4 is 0 Å². The molecule has 3 heterocycles. The lowest BCUT2D eigenvalue weighted by Gasteiger charge is -2.64. The van der Waals surface area contributed by atoms with Crippen molar-refractivity contribution in [1.29, 1.82) is 0 Å².